The molecule has 0 unspecified atom stereocenters. The first kappa shape index (κ1) is 28.5. The van der Waals surface area contributed by atoms with E-state index in [0.29, 0.717) is 56.1 Å². The number of aromatic amines is 1. The number of benzene rings is 1. The van der Waals surface area contributed by atoms with E-state index in [1.54, 1.807) is 0 Å². The lowest BCUT2D eigenvalue weighted by molar-refractivity contribution is -0.138. The number of anilines is 3. The topological polar surface area (TPSA) is 107 Å². The Morgan fingerprint density at radius 2 is 1.88 bits per heavy atom. The van der Waals surface area contributed by atoms with Crippen molar-refractivity contribution in [1.29, 1.82) is 0 Å². The molecule has 0 spiro atoms. The summed E-state index contributed by atoms with van der Waals surface area (Å²) in [7, 11) is 3.79. The number of halogens is 4. The number of rotatable bonds is 6. The second-order valence-corrected chi connectivity index (χ2v) is 10.3. The van der Waals surface area contributed by atoms with Crippen molar-refractivity contribution in [3.63, 3.8) is 0 Å². The molecule has 0 saturated carbocycles. The first-order valence-corrected chi connectivity index (χ1v) is 13.0. The van der Waals surface area contributed by atoms with Crippen LogP contribution in [0.5, 0.6) is 0 Å². The van der Waals surface area contributed by atoms with Gasteiger partial charge in [0.2, 0.25) is 11.5 Å². The van der Waals surface area contributed by atoms with Crippen molar-refractivity contribution in [2.75, 3.05) is 62.1 Å². The molecule has 41 heavy (non-hydrogen) atoms. The number of likely N-dealkylation sites (N-methyl/N-ethyl adjacent to an activating group) is 2. The van der Waals surface area contributed by atoms with E-state index in [0.717, 1.165) is 6.20 Å². The Morgan fingerprint density at radius 3 is 2.49 bits per heavy atom. The summed E-state index contributed by atoms with van der Waals surface area (Å²) in [4.78, 5) is 41.5. The molecule has 1 atom stereocenters. The summed E-state index contributed by atoms with van der Waals surface area (Å²) in [6.07, 6.45) is -1.32. The van der Waals surface area contributed by atoms with Gasteiger partial charge in [-0.2, -0.15) is 13.2 Å². The molecular formula is C27H29F4N7O3. The van der Waals surface area contributed by atoms with Gasteiger partial charge in [-0.05, 0) is 26.1 Å². The third-order valence-electron chi connectivity index (χ3n) is 7.54. The van der Waals surface area contributed by atoms with Gasteiger partial charge >= 0.3 is 6.18 Å². The number of nitrogens with one attached hydrogen (secondary N) is 2. The molecule has 2 aromatic heterocycles. The molecule has 2 fully saturated rings. The van der Waals surface area contributed by atoms with Gasteiger partial charge in [0.1, 0.15) is 5.82 Å². The lowest BCUT2D eigenvalue weighted by Gasteiger charge is -2.39. The molecule has 1 amide bonds. The second-order valence-electron chi connectivity index (χ2n) is 10.3. The highest BCUT2D eigenvalue weighted by molar-refractivity contribution is 6.07. The Kier molecular flexibility index (Phi) is 7.70. The van der Waals surface area contributed by atoms with Crippen molar-refractivity contribution in [1.82, 2.24) is 19.9 Å². The molecule has 0 radical (unpaired) electrons. The number of H-pyrrole nitrogens is 1. The average Bonchev–Trinajstić information content (AvgIpc) is 2.89. The summed E-state index contributed by atoms with van der Waals surface area (Å²) in [6, 6.07) is 3.20. The van der Waals surface area contributed by atoms with Gasteiger partial charge in [-0.25, -0.2) is 14.4 Å². The largest absolute Gasteiger partial charge is 0.417 e. The minimum Gasteiger partial charge on any atom is -0.377 e. The number of alkyl halides is 3. The Morgan fingerprint density at radius 1 is 1.17 bits per heavy atom. The van der Waals surface area contributed by atoms with Crippen LogP contribution in [0.1, 0.15) is 22.8 Å². The number of hydrogen-bond donors (Lipinski definition) is 2. The average molecular weight is 576 g/mol. The fourth-order valence-electron chi connectivity index (χ4n) is 4.75. The normalized spacial score (nSPS) is 18.2. The highest BCUT2D eigenvalue weighted by atomic mass is 19.4. The van der Waals surface area contributed by atoms with E-state index >= 15 is 4.39 Å². The van der Waals surface area contributed by atoms with Gasteiger partial charge < -0.3 is 29.7 Å². The van der Waals surface area contributed by atoms with Crippen LogP contribution in [-0.2, 0) is 10.9 Å². The number of amides is 1. The van der Waals surface area contributed by atoms with Gasteiger partial charge in [0.25, 0.3) is 5.91 Å². The number of nitrogens with zero attached hydrogens (tertiary/aromatic N) is 5. The molecule has 2 saturated heterocycles. The fourth-order valence-corrected chi connectivity index (χ4v) is 4.75. The van der Waals surface area contributed by atoms with Gasteiger partial charge in [-0.1, -0.05) is 0 Å². The predicted octanol–water partition coefficient (Wildman–Crippen LogP) is 3.22. The van der Waals surface area contributed by atoms with E-state index in [9.17, 15) is 22.8 Å². The summed E-state index contributed by atoms with van der Waals surface area (Å²) < 4.78 is 61.8. The Hall–Kier alpha value is -4.04. The molecule has 0 bridgehead atoms. The van der Waals surface area contributed by atoms with Crippen LogP contribution in [0.3, 0.4) is 0 Å². The number of aromatic nitrogens is 3. The molecule has 1 aromatic carbocycles. The minimum atomic E-state index is -4.94. The maximum atomic E-state index is 15.6. The van der Waals surface area contributed by atoms with E-state index in [2.05, 4.69) is 25.2 Å². The number of pyridine rings is 1. The van der Waals surface area contributed by atoms with Gasteiger partial charge in [0.05, 0.1) is 41.8 Å². The van der Waals surface area contributed by atoms with E-state index in [4.69, 9.17) is 4.74 Å². The van der Waals surface area contributed by atoms with Crippen LogP contribution in [-0.4, -0.2) is 84.8 Å². The summed E-state index contributed by atoms with van der Waals surface area (Å²) >= 11 is 0. The quantitative estimate of drug-likeness (QED) is 0.432. The third-order valence-corrected chi connectivity index (χ3v) is 7.54. The van der Waals surface area contributed by atoms with Crippen molar-refractivity contribution < 1.29 is 27.1 Å². The Bertz CT molecular complexity index is 1490. The summed E-state index contributed by atoms with van der Waals surface area (Å²) in [5.41, 5.74) is -2.33. The van der Waals surface area contributed by atoms with Crippen LogP contribution < -0.4 is 20.7 Å². The first-order valence-electron chi connectivity index (χ1n) is 13.0. The van der Waals surface area contributed by atoms with Crippen LogP contribution in [0.4, 0.5) is 34.9 Å². The Balaban J connectivity index is 1.53. The number of piperazine rings is 1. The number of carbonyl (C=O) groups excluding carboxylic acids is 1. The lowest BCUT2D eigenvalue weighted by atomic mass is 10.0. The molecule has 0 aliphatic carbocycles. The molecule has 5 rings (SSSR count). The van der Waals surface area contributed by atoms with Crippen molar-refractivity contribution in [2.45, 2.75) is 25.2 Å². The van der Waals surface area contributed by atoms with Crippen LogP contribution in [0.2, 0.25) is 0 Å². The zero-order chi connectivity index (χ0) is 29.5. The second kappa shape index (κ2) is 11.1. The zero-order valence-corrected chi connectivity index (χ0v) is 22.6. The minimum absolute atomic E-state index is 0.0601. The number of carbonyl (C=O) groups is 1. The predicted molar refractivity (Wildman–Crippen MR) is 145 cm³/mol. The molecule has 3 aromatic rings. The van der Waals surface area contributed by atoms with E-state index in [1.165, 1.54) is 24.5 Å². The number of hydrogen-bond acceptors (Lipinski definition) is 8. The smallest absolute Gasteiger partial charge is 0.377 e. The molecular weight excluding hydrogens is 546 g/mol. The summed E-state index contributed by atoms with van der Waals surface area (Å²) in [5.74, 6) is -1.29. The molecule has 2 aliphatic heterocycles. The molecule has 218 valence electrons. The van der Waals surface area contributed by atoms with Gasteiger partial charge in [0, 0.05) is 68.5 Å². The standard InChI is InChI=1S/C27H29F4N7O3/c1-15-12-38(5-4-36(15)2)23-8-21(28)18(16-9-33-26(34-10-16)37(3)17-13-41-14-17)6-22(23)35-25(40)19-11-32-24(39)7-20(19)27(29,30)31/h6-11,15,17H,4-5,12-14H2,1-3H3,(H,32,39)(H,35,40)/t15-/m1/s1. The van der Waals surface area contributed by atoms with Gasteiger partial charge in [-0.15, -0.1) is 0 Å². The third kappa shape index (κ3) is 5.88. The summed E-state index contributed by atoms with van der Waals surface area (Å²) in [5, 5.41) is 2.53. The van der Waals surface area contributed by atoms with Gasteiger partial charge in [-0.3, -0.25) is 9.59 Å². The SMILES string of the molecule is C[C@@H]1CN(c2cc(F)c(-c3cnc(N(C)C4COC4)nc3)cc2NC(=O)c2c[nH]c(=O)cc2C(F)(F)F)CCN1C. The van der Waals surface area contributed by atoms with E-state index in [1.807, 2.05) is 30.8 Å². The zero-order valence-electron chi connectivity index (χ0n) is 22.6. The molecule has 10 nitrogen and oxygen atoms in total. The van der Waals surface area contributed by atoms with Crippen molar-refractivity contribution >= 4 is 23.2 Å². The van der Waals surface area contributed by atoms with Crippen molar-refractivity contribution in [2.24, 2.45) is 0 Å². The van der Waals surface area contributed by atoms with E-state index < -0.39 is 34.6 Å². The molecule has 2 aliphatic rings. The van der Waals surface area contributed by atoms with Crippen LogP contribution in [0, 0.1) is 5.82 Å². The number of ether oxygens (including phenoxy) is 1. The van der Waals surface area contributed by atoms with Crippen molar-refractivity contribution in [3.8, 4) is 11.1 Å². The maximum Gasteiger partial charge on any atom is 0.417 e. The molecule has 2 N–H and O–H groups in total. The lowest BCUT2D eigenvalue weighted by Crippen LogP contribution is -2.50. The van der Waals surface area contributed by atoms with Crippen LogP contribution >= 0.6 is 0 Å². The highest BCUT2D eigenvalue weighted by Crippen LogP contribution is 2.37. The Labute approximate surface area is 233 Å². The van der Waals surface area contributed by atoms with E-state index in [-0.39, 0.29) is 23.3 Å². The highest BCUT2D eigenvalue weighted by Gasteiger charge is 2.36. The van der Waals surface area contributed by atoms with Gasteiger partial charge in [0.15, 0.2) is 0 Å². The fraction of sp³-hybridized carbons (Fsp3) is 0.407. The molecule has 14 heteroatoms. The van der Waals surface area contributed by atoms with Crippen LogP contribution in [0.25, 0.3) is 11.1 Å². The summed E-state index contributed by atoms with van der Waals surface area (Å²) in [6.45, 7) is 4.76. The van der Waals surface area contributed by atoms with Crippen LogP contribution in [0.15, 0.2) is 41.6 Å². The monoisotopic (exact) mass is 575 g/mol. The first-order chi connectivity index (χ1) is 19.4. The van der Waals surface area contributed by atoms with Crippen molar-refractivity contribution in [3.05, 3.63) is 64.1 Å². The molecule has 4 heterocycles. The maximum absolute atomic E-state index is 15.6.